The Labute approximate surface area is 148 Å². The molecular formula is C16H29N5S2. The number of rotatable bonds is 8. The molecule has 1 saturated heterocycles. The van der Waals surface area contributed by atoms with E-state index in [0.29, 0.717) is 6.04 Å². The third-order valence-electron chi connectivity index (χ3n) is 3.94. The number of piperidine rings is 1. The lowest BCUT2D eigenvalue weighted by molar-refractivity contribution is 0.206. The Morgan fingerprint density at radius 1 is 1.48 bits per heavy atom. The van der Waals surface area contributed by atoms with Gasteiger partial charge in [-0.15, -0.1) is 11.3 Å². The van der Waals surface area contributed by atoms with Gasteiger partial charge in [0.15, 0.2) is 5.96 Å². The summed E-state index contributed by atoms with van der Waals surface area (Å²) in [5.74, 6) is 2.03. The summed E-state index contributed by atoms with van der Waals surface area (Å²) in [6.45, 7) is 6.84. The highest BCUT2D eigenvalue weighted by Crippen LogP contribution is 2.20. The number of nitrogens with one attached hydrogen (secondary N) is 2. The molecule has 0 atom stereocenters. The number of thiazole rings is 1. The number of aliphatic imine (C=N–C) groups is 1. The summed E-state index contributed by atoms with van der Waals surface area (Å²) >= 11 is 3.54. The number of guanidine groups is 1. The van der Waals surface area contributed by atoms with Crippen LogP contribution in [0.1, 0.15) is 32.6 Å². The second kappa shape index (κ2) is 10.9. The average Bonchev–Trinajstić information content (AvgIpc) is 3.09. The minimum atomic E-state index is 0.555. The van der Waals surface area contributed by atoms with Gasteiger partial charge in [0.2, 0.25) is 0 Å². The van der Waals surface area contributed by atoms with E-state index in [9.17, 15) is 0 Å². The highest BCUT2D eigenvalue weighted by atomic mass is 32.2. The van der Waals surface area contributed by atoms with Crippen LogP contribution in [0.15, 0.2) is 20.9 Å². The van der Waals surface area contributed by atoms with Crippen LogP contribution in [0.3, 0.4) is 0 Å². The predicted molar refractivity (Wildman–Crippen MR) is 102 cm³/mol. The zero-order valence-electron chi connectivity index (χ0n) is 14.3. The van der Waals surface area contributed by atoms with Crippen molar-refractivity contribution in [3.8, 4) is 0 Å². The smallest absolute Gasteiger partial charge is 0.191 e. The Morgan fingerprint density at radius 2 is 2.30 bits per heavy atom. The lowest BCUT2D eigenvalue weighted by atomic mass is 10.1. The van der Waals surface area contributed by atoms with Crippen LogP contribution >= 0.6 is 23.1 Å². The van der Waals surface area contributed by atoms with Crippen LogP contribution in [0.5, 0.6) is 0 Å². The zero-order chi connectivity index (χ0) is 16.3. The monoisotopic (exact) mass is 355 g/mol. The zero-order valence-corrected chi connectivity index (χ0v) is 15.9. The van der Waals surface area contributed by atoms with Crippen LogP contribution < -0.4 is 10.6 Å². The molecule has 1 fully saturated rings. The molecule has 2 N–H and O–H groups in total. The summed E-state index contributed by atoms with van der Waals surface area (Å²) < 4.78 is 1.16. The first-order valence-electron chi connectivity index (χ1n) is 8.53. The fraction of sp³-hybridized carbons (Fsp3) is 0.750. The van der Waals surface area contributed by atoms with Gasteiger partial charge >= 0.3 is 0 Å². The van der Waals surface area contributed by atoms with Crippen molar-refractivity contribution in [2.75, 3.05) is 39.0 Å². The molecule has 0 unspecified atom stereocenters. The molecular weight excluding hydrogens is 326 g/mol. The molecule has 0 radical (unpaired) electrons. The summed E-state index contributed by atoms with van der Waals surface area (Å²) in [6.07, 6.45) is 6.64. The lowest BCUT2D eigenvalue weighted by Crippen LogP contribution is -2.48. The van der Waals surface area contributed by atoms with Crippen molar-refractivity contribution in [3.05, 3.63) is 11.6 Å². The van der Waals surface area contributed by atoms with Gasteiger partial charge in [0.25, 0.3) is 0 Å². The van der Waals surface area contributed by atoms with E-state index in [2.05, 4.69) is 32.4 Å². The summed E-state index contributed by atoms with van der Waals surface area (Å²) in [6, 6.07) is 0.555. The van der Waals surface area contributed by atoms with Crippen LogP contribution in [0.4, 0.5) is 0 Å². The first-order chi connectivity index (χ1) is 11.3. The summed E-state index contributed by atoms with van der Waals surface area (Å²) in [5, 5.41) is 9.02. The number of likely N-dealkylation sites (tertiary alicyclic amines) is 1. The van der Waals surface area contributed by atoms with Crippen molar-refractivity contribution in [1.29, 1.82) is 0 Å². The molecule has 1 aliphatic rings. The van der Waals surface area contributed by atoms with Gasteiger partial charge in [0.05, 0.1) is 0 Å². The first-order valence-corrected chi connectivity index (χ1v) is 10.4. The van der Waals surface area contributed by atoms with Crippen molar-refractivity contribution in [2.24, 2.45) is 4.99 Å². The van der Waals surface area contributed by atoms with Crippen molar-refractivity contribution in [1.82, 2.24) is 20.5 Å². The van der Waals surface area contributed by atoms with Crippen LogP contribution in [0.25, 0.3) is 0 Å². The summed E-state index contributed by atoms with van der Waals surface area (Å²) in [7, 11) is 1.85. The molecule has 2 heterocycles. The van der Waals surface area contributed by atoms with Gasteiger partial charge in [-0.05, 0) is 32.2 Å². The fourth-order valence-electron chi connectivity index (χ4n) is 2.73. The highest BCUT2D eigenvalue weighted by Gasteiger charge is 2.19. The molecule has 130 valence electrons. The molecule has 1 aromatic heterocycles. The molecule has 0 saturated carbocycles. The molecule has 23 heavy (non-hydrogen) atoms. The van der Waals surface area contributed by atoms with Crippen molar-refractivity contribution in [3.63, 3.8) is 0 Å². The molecule has 1 aliphatic heterocycles. The molecule has 7 heteroatoms. The normalized spacial score (nSPS) is 17.4. The topological polar surface area (TPSA) is 52.5 Å². The Balaban J connectivity index is 1.56. The largest absolute Gasteiger partial charge is 0.356 e. The molecule has 0 aromatic carbocycles. The third kappa shape index (κ3) is 7.10. The molecule has 0 aliphatic carbocycles. The molecule has 5 nitrogen and oxygen atoms in total. The van der Waals surface area contributed by atoms with Gasteiger partial charge in [-0.3, -0.25) is 4.99 Å². The molecule has 0 bridgehead atoms. The van der Waals surface area contributed by atoms with Crippen LogP contribution in [0.2, 0.25) is 0 Å². The number of nitrogens with zero attached hydrogens (tertiary/aromatic N) is 3. The molecule has 0 spiro atoms. The second-order valence-electron chi connectivity index (χ2n) is 5.76. The van der Waals surface area contributed by atoms with Gasteiger partial charge in [-0.25, -0.2) is 4.98 Å². The number of hydrogen-bond acceptors (Lipinski definition) is 5. The van der Waals surface area contributed by atoms with Gasteiger partial charge in [-0.1, -0.05) is 18.7 Å². The van der Waals surface area contributed by atoms with E-state index in [1.165, 1.54) is 38.9 Å². The minimum Gasteiger partial charge on any atom is -0.356 e. The van der Waals surface area contributed by atoms with Crippen LogP contribution in [-0.4, -0.2) is 60.9 Å². The van der Waals surface area contributed by atoms with E-state index in [4.69, 9.17) is 0 Å². The Hall–Kier alpha value is -0.790. The van der Waals surface area contributed by atoms with Crippen LogP contribution in [0, 0.1) is 0 Å². The maximum Gasteiger partial charge on any atom is 0.191 e. The fourth-order valence-corrected chi connectivity index (χ4v) is 4.37. The Bertz CT molecular complexity index is 441. The summed E-state index contributed by atoms with van der Waals surface area (Å²) in [5.41, 5.74) is 0. The van der Waals surface area contributed by atoms with E-state index in [1.54, 1.807) is 11.3 Å². The molecule has 0 amide bonds. The number of aromatic nitrogens is 1. The van der Waals surface area contributed by atoms with Gasteiger partial charge < -0.3 is 15.5 Å². The van der Waals surface area contributed by atoms with Gasteiger partial charge in [0.1, 0.15) is 4.34 Å². The van der Waals surface area contributed by atoms with E-state index in [-0.39, 0.29) is 0 Å². The van der Waals surface area contributed by atoms with Gasteiger partial charge in [0, 0.05) is 50.1 Å². The lowest BCUT2D eigenvalue weighted by Gasteiger charge is -2.32. The third-order valence-corrected chi connectivity index (χ3v) is 5.99. The van der Waals surface area contributed by atoms with Crippen LogP contribution in [-0.2, 0) is 0 Å². The van der Waals surface area contributed by atoms with Crippen molar-refractivity contribution < 1.29 is 0 Å². The maximum atomic E-state index is 4.35. The molecule has 1 aromatic rings. The van der Waals surface area contributed by atoms with Gasteiger partial charge in [-0.2, -0.15) is 0 Å². The molecule has 2 rings (SSSR count). The standard InChI is InChI=1S/C16H29N5S2/c1-3-9-21-10-5-14(6-11-21)20-15(17-2)18-7-4-12-22-16-19-8-13-23-16/h8,13-14H,3-7,9-12H2,1-2H3,(H2,17,18,20). The number of thioether (sulfide) groups is 1. The van der Waals surface area contributed by atoms with E-state index >= 15 is 0 Å². The number of hydrogen-bond donors (Lipinski definition) is 2. The predicted octanol–water partition coefficient (Wildman–Crippen LogP) is 2.66. The SMILES string of the molecule is CCCN1CCC(NC(=NC)NCCCSc2nccs2)CC1. The van der Waals surface area contributed by atoms with E-state index in [0.717, 1.165) is 29.0 Å². The first kappa shape index (κ1) is 18.5. The van der Waals surface area contributed by atoms with E-state index < -0.39 is 0 Å². The maximum absolute atomic E-state index is 4.35. The second-order valence-corrected chi connectivity index (χ2v) is 8.00. The quantitative estimate of drug-likeness (QED) is 0.325. The van der Waals surface area contributed by atoms with Crippen molar-refractivity contribution in [2.45, 2.75) is 43.0 Å². The average molecular weight is 356 g/mol. The van der Waals surface area contributed by atoms with Crippen molar-refractivity contribution >= 4 is 29.1 Å². The Morgan fingerprint density at radius 3 is 2.96 bits per heavy atom. The highest BCUT2D eigenvalue weighted by molar-refractivity contribution is 8.00. The van der Waals surface area contributed by atoms with E-state index in [1.807, 2.05) is 30.4 Å². The Kier molecular flexibility index (Phi) is 8.78. The minimum absolute atomic E-state index is 0.555. The summed E-state index contributed by atoms with van der Waals surface area (Å²) in [4.78, 5) is 11.2.